The van der Waals surface area contributed by atoms with Crippen molar-refractivity contribution in [2.75, 3.05) is 25.4 Å². The number of aliphatic hydroxyl groups is 5. The van der Waals surface area contributed by atoms with Gasteiger partial charge in [0.05, 0.1) is 54.6 Å². The second kappa shape index (κ2) is 18.8. The number of hydrogen-bond donors (Lipinski definition) is 10. The third-order valence-corrected chi connectivity index (χ3v) is 10.6. The lowest BCUT2D eigenvalue weighted by Gasteiger charge is -2.46. The maximum atomic E-state index is 11.8. The molecule has 2 saturated heterocycles. The van der Waals surface area contributed by atoms with Crippen LogP contribution >= 0.6 is 0 Å². The van der Waals surface area contributed by atoms with Gasteiger partial charge in [-0.15, -0.1) is 0 Å². The smallest absolute Gasteiger partial charge is 0.123 e. The van der Waals surface area contributed by atoms with Gasteiger partial charge in [0.15, 0.2) is 0 Å². The van der Waals surface area contributed by atoms with Crippen molar-refractivity contribution in [1.82, 2.24) is 36.1 Å². The van der Waals surface area contributed by atoms with E-state index in [1.165, 1.54) is 0 Å². The highest BCUT2D eigenvalue weighted by Crippen LogP contribution is 2.26. The Balaban J connectivity index is 1.29. The Morgan fingerprint density at radius 2 is 1.76 bits per heavy atom. The minimum absolute atomic E-state index is 0.111. The zero-order chi connectivity index (χ0) is 35.6. The third-order valence-electron chi connectivity index (χ3n) is 10.6. The summed E-state index contributed by atoms with van der Waals surface area (Å²) >= 11 is 0. The van der Waals surface area contributed by atoms with E-state index in [9.17, 15) is 25.5 Å². The Hall–Kier alpha value is -2.53. The molecule has 2 fully saturated rings. The zero-order valence-corrected chi connectivity index (χ0v) is 29.6. The quantitative estimate of drug-likeness (QED) is 0.0613. The summed E-state index contributed by atoms with van der Waals surface area (Å²) in [5, 5.41) is 69.2. The molecule has 50 heavy (non-hydrogen) atoms. The number of aliphatic hydroxyl groups excluding tert-OH is 5. The molecular weight excluding hydrogens is 636 g/mol. The van der Waals surface area contributed by atoms with Gasteiger partial charge in [-0.2, -0.15) is 0 Å². The van der Waals surface area contributed by atoms with Crippen molar-refractivity contribution in [3.63, 3.8) is 0 Å². The number of aromatic nitrogens is 1. The average molecular weight is 697 g/mol. The van der Waals surface area contributed by atoms with Crippen LogP contribution in [-0.4, -0.2) is 127 Å². The third kappa shape index (κ3) is 10.5. The first-order chi connectivity index (χ1) is 24.1. The van der Waals surface area contributed by atoms with Gasteiger partial charge < -0.3 is 31.3 Å². The molecule has 0 amide bonds. The van der Waals surface area contributed by atoms with Gasteiger partial charge >= 0.3 is 0 Å². The van der Waals surface area contributed by atoms with E-state index < -0.39 is 36.8 Å². The highest BCUT2D eigenvalue weighted by atomic mass is 16.3. The van der Waals surface area contributed by atoms with Gasteiger partial charge in [0.1, 0.15) is 6.23 Å². The number of anilines is 1. The van der Waals surface area contributed by atoms with E-state index in [0.29, 0.717) is 64.0 Å². The van der Waals surface area contributed by atoms with Crippen LogP contribution in [0.2, 0.25) is 0 Å². The molecule has 1 aromatic heterocycles. The largest absolute Gasteiger partial charge is 0.399 e. The average Bonchev–Trinajstić information content (AvgIpc) is 3.48. The molecule has 13 nitrogen and oxygen atoms in total. The summed E-state index contributed by atoms with van der Waals surface area (Å²) in [6, 6.07) is 12.7. The predicted molar refractivity (Wildman–Crippen MR) is 194 cm³/mol. The van der Waals surface area contributed by atoms with Crippen molar-refractivity contribution in [1.29, 1.82) is 0 Å². The first-order valence-electron chi connectivity index (χ1n) is 18.4. The Kier molecular flexibility index (Phi) is 14.6. The van der Waals surface area contributed by atoms with Crippen LogP contribution < -0.4 is 27.0 Å². The summed E-state index contributed by atoms with van der Waals surface area (Å²) < 4.78 is 0. The van der Waals surface area contributed by atoms with Gasteiger partial charge in [0.2, 0.25) is 0 Å². The first-order valence-corrected chi connectivity index (χ1v) is 18.4. The molecule has 0 bridgehead atoms. The van der Waals surface area contributed by atoms with Gasteiger partial charge in [-0.25, -0.2) is 0 Å². The molecular formula is C37H60N8O5. The SMILES string of the molecule is CCC(NC(NCc1ccccn1)C(C)O)C(O)N1CCC(O)C1CNC(Cc1ccc(N)cc1)N1CCC(O)CC1NC1CCC=CC1O. The molecule has 2 aromatic rings. The van der Waals surface area contributed by atoms with Gasteiger partial charge in [0.25, 0.3) is 0 Å². The van der Waals surface area contributed by atoms with Crippen LogP contribution in [-0.2, 0) is 13.0 Å². The van der Waals surface area contributed by atoms with Gasteiger partial charge in [-0.1, -0.05) is 37.3 Å². The van der Waals surface area contributed by atoms with E-state index in [2.05, 4.69) is 31.2 Å². The van der Waals surface area contributed by atoms with Crippen LogP contribution in [0.3, 0.4) is 0 Å². The number of piperidine rings is 1. The summed E-state index contributed by atoms with van der Waals surface area (Å²) in [6.07, 6.45) is 6.13. The molecule has 11 N–H and O–H groups in total. The minimum Gasteiger partial charge on any atom is -0.399 e. The highest BCUT2D eigenvalue weighted by Gasteiger charge is 2.41. The molecule has 11 unspecified atom stereocenters. The van der Waals surface area contributed by atoms with Crippen molar-refractivity contribution in [3.8, 4) is 0 Å². The standard InChI is InChI=1S/C37H60N8O5/c1-3-29(43-36(24(2)46)41-22-27-8-6-7-17-39-27)37(50)44-19-16-33(49)31(44)23-40-34(20-25-11-13-26(38)14-12-25)45-18-15-28(47)21-35(45)42-30-9-4-5-10-32(30)48/h5-8,10-14,17,24,28-37,40-43,46-50H,3-4,9,15-16,18-23,38H2,1-2H3. The number of likely N-dealkylation sites (tertiary alicyclic amines) is 2. The second-order valence-corrected chi connectivity index (χ2v) is 14.2. The van der Waals surface area contributed by atoms with Crippen LogP contribution in [0.15, 0.2) is 60.8 Å². The molecule has 0 saturated carbocycles. The summed E-state index contributed by atoms with van der Waals surface area (Å²) in [5.41, 5.74) is 8.65. The van der Waals surface area contributed by atoms with E-state index in [-0.39, 0.29) is 30.5 Å². The van der Waals surface area contributed by atoms with Gasteiger partial charge in [0, 0.05) is 63.0 Å². The monoisotopic (exact) mass is 696 g/mol. The number of nitrogens with zero attached hydrogens (tertiary/aromatic N) is 3. The van der Waals surface area contributed by atoms with Crippen molar-refractivity contribution in [2.24, 2.45) is 0 Å². The molecule has 0 radical (unpaired) electrons. The van der Waals surface area contributed by atoms with E-state index in [1.54, 1.807) is 13.1 Å². The maximum absolute atomic E-state index is 11.8. The molecule has 5 rings (SSSR count). The number of benzene rings is 1. The van der Waals surface area contributed by atoms with Crippen LogP contribution in [0.4, 0.5) is 5.69 Å². The molecule has 0 spiro atoms. The number of rotatable bonds is 17. The fraction of sp³-hybridized carbons (Fsp3) is 0.649. The lowest BCUT2D eigenvalue weighted by molar-refractivity contribution is -0.0571. The van der Waals surface area contributed by atoms with Gasteiger partial charge in [-0.3, -0.25) is 36.1 Å². The summed E-state index contributed by atoms with van der Waals surface area (Å²) in [4.78, 5) is 8.67. The van der Waals surface area contributed by atoms with E-state index in [1.807, 2.05) is 66.4 Å². The van der Waals surface area contributed by atoms with Crippen LogP contribution in [0.5, 0.6) is 0 Å². The molecule has 11 atom stereocenters. The molecule has 1 aliphatic carbocycles. The number of hydrogen-bond acceptors (Lipinski definition) is 13. The predicted octanol–water partition coefficient (Wildman–Crippen LogP) is 0.192. The van der Waals surface area contributed by atoms with E-state index in [0.717, 1.165) is 24.1 Å². The summed E-state index contributed by atoms with van der Waals surface area (Å²) in [5.74, 6) is 0. The van der Waals surface area contributed by atoms with Crippen LogP contribution in [0, 0.1) is 0 Å². The van der Waals surface area contributed by atoms with Crippen LogP contribution in [0.1, 0.15) is 63.6 Å². The minimum atomic E-state index is -0.905. The summed E-state index contributed by atoms with van der Waals surface area (Å²) in [7, 11) is 0. The van der Waals surface area contributed by atoms with Crippen molar-refractivity contribution in [3.05, 3.63) is 72.1 Å². The number of nitrogens with two attached hydrogens (primary N) is 1. The second-order valence-electron chi connectivity index (χ2n) is 14.2. The van der Waals surface area contributed by atoms with E-state index in [4.69, 9.17) is 5.73 Å². The molecule has 278 valence electrons. The Morgan fingerprint density at radius 1 is 0.980 bits per heavy atom. The maximum Gasteiger partial charge on any atom is 0.123 e. The van der Waals surface area contributed by atoms with Gasteiger partial charge in [-0.05, 0) is 68.9 Å². The molecule has 3 aliphatic rings. The number of nitrogen functional groups attached to an aromatic ring is 1. The number of allylic oxidation sites excluding steroid dienone is 1. The topological polar surface area (TPSA) is 195 Å². The fourth-order valence-electron chi connectivity index (χ4n) is 7.59. The number of nitrogens with one attached hydrogen (secondary N) is 4. The van der Waals surface area contributed by atoms with Crippen molar-refractivity contribution >= 4 is 5.69 Å². The van der Waals surface area contributed by atoms with E-state index >= 15 is 0 Å². The fourth-order valence-corrected chi connectivity index (χ4v) is 7.59. The van der Waals surface area contributed by atoms with Crippen molar-refractivity contribution in [2.45, 2.75) is 133 Å². The summed E-state index contributed by atoms with van der Waals surface area (Å²) in [6.45, 7) is 5.77. The lowest BCUT2D eigenvalue weighted by atomic mass is 9.96. The first kappa shape index (κ1) is 38.7. The lowest BCUT2D eigenvalue weighted by Crippen LogP contribution is -2.64. The molecule has 1 aromatic carbocycles. The number of pyridine rings is 1. The molecule has 13 heteroatoms. The normalized spacial score (nSPS) is 29.4. The van der Waals surface area contributed by atoms with Crippen LogP contribution in [0.25, 0.3) is 0 Å². The highest BCUT2D eigenvalue weighted by molar-refractivity contribution is 5.39. The zero-order valence-electron chi connectivity index (χ0n) is 29.6. The van der Waals surface area contributed by atoms with Crippen molar-refractivity contribution < 1.29 is 25.5 Å². The Labute approximate surface area is 297 Å². The Bertz CT molecular complexity index is 1310. The molecule has 2 aliphatic heterocycles. The Morgan fingerprint density at radius 3 is 2.46 bits per heavy atom. The molecule has 3 heterocycles.